The van der Waals surface area contributed by atoms with Crippen molar-refractivity contribution in [3.05, 3.63) is 81.9 Å². The van der Waals surface area contributed by atoms with Crippen molar-refractivity contribution in [3.8, 4) is 23.0 Å². The molecule has 9 nitrogen and oxygen atoms in total. The Bertz CT molecular complexity index is 1180. The van der Waals surface area contributed by atoms with E-state index in [0.717, 1.165) is 22.6 Å². The third kappa shape index (κ3) is 4.67. The number of anilines is 1. The summed E-state index contributed by atoms with van der Waals surface area (Å²) in [6.07, 6.45) is 0.180. The van der Waals surface area contributed by atoms with Crippen molar-refractivity contribution in [1.82, 2.24) is 0 Å². The summed E-state index contributed by atoms with van der Waals surface area (Å²) in [6.45, 7) is 0. The average molecular weight is 449 g/mol. The molecule has 1 heterocycles. The van der Waals surface area contributed by atoms with Gasteiger partial charge in [-0.3, -0.25) is 15.5 Å². The molecule has 4 rings (SSSR count). The summed E-state index contributed by atoms with van der Waals surface area (Å²) in [4.78, 5) is 10.5. The lowest BCUT2D eigenvalue weighted by molar-refractivity contribution is -0.384. The van der Waals surface area contributed by atoms with Crippen LogP contribution in [-0.4, -0.2) is 32.0 Å². The Balaban J connectivity index is 1.71. The molecular weight excluding hydrogens is 426 g/mol. The van der Waals surface area contributed by atoms with Crippen LogP contribution in [0.4, 0.5) is 11.4 Å². The zero-order valence-corrected chi connectivity index (χ0v) is 18.4. The van der Waals surface area contributed by atoms with Gasteiger partial charge in [0, 0.05) is 30.7 Å². The second kappa shape index (κ2) is 9.47. The summed E-state index contributed by atoms with van der Waals surface area (Å²) in [5.41, 5.74) is 6.03. The standard InChI is InChI=1S/C24H23N3O6/c1-30-18-10-4-15(5-11-18)21-14-20(26-25-16-6-8-17(9-7-16)27(28)29)24-22(32-3)12-19(31-2)13-23(24)33-21/h4-13,21,25H,14H2,1-3H3/b26-20+. The molecule has 0 saturated heterocycles. The van der Waals surface area contributed by atoms with E-state index in [1.165, 1.54) is 12.1 Å². The molecule has 1 unspecified atom stereocenters. The van der Waals surface area contributed by atoms with Crippen LogP contribution in [0, 0.1) is 10.1 Å². The van der Waals surface area contributed by atoms with Crippen LogP contribution in [0.15, 0.2) is 65.8 Å². The summed E-state index contributed by atoms with van der Waals surface area (Å²) in [6, 6.07) is 17.3. The summed E-state index contributed by atoms with van der Waals surface area (Å²) in [5, 5.41) is 15.5. The molecule has 0 fully saturated rings. The first-order valence-corrected chi connectivity index (χ1v) is 10.2. The van der Waals surface area contributed by atoms with Gasteiger partial charge in [-0.1, -0.05) is 12.1 Å². The Hall–Kier alpha value is -4.27. The number of rotatable bonds is 7. The number of benzene rings is 3. The van der Waals surface area contributed by atoms with Crippen molar-refractivity contribution in [3.63, 3.8) is 0 Å². The Labute approximate surface area is 190 Å². The molecule has 3 aromatic carbocycles. The highest BCUT2D eigenvalue weighted by Crippen LogP contribution is 2.43. The van der Waals surface area contributed by atoms with Crippen LogP contribution in [0.3, 0.4) is 0 Å². The molecule has 3 aromatic rings. The summed E-state index contributed by atoms with van der Waals surface area (Å²) >= 11 is 0. The van der Waals surface area contributed by atoms with E-state index in [9.17, 15) is 10.1 Å². The maximum atomic E-state index is 10.9. The van der Waals surface area contributed by atoms with Crippen LogP contribution >= 0.6 is 0 Å². The van der Waals surface area contributed by atoms with E-state index in [0.29, 0.717) is 29.4 Å². The van der Waals surface area contributed by atoms with Gasteiger partial charge in [0.05, 0.1) is 43.2 Å². The minimum atomic E-state index is -0.442. The molecule has 9 heteroatoms. The van der Waals surface area contributed by atoms with Crippen LogP contribution in [-0.2, 0) is 0 Å². The number of hydrogen-bond acceptors (Lipinski definition) is 8. The normalized spacial score (nSPS) is 15.8. The third-order valence-electron chi connectivity index (χ3n) is 5.32. The van der Waals surface area contributed by atoms with Crippen molar-refractivity contribution < 1.29 is 23.9 Å². The van der Waals surface area contributed by atoms with Crippen LogP contribution < -0.4 is 24.4 Å². The quantitative estimate of drug-likeness (QED) is 0.401. The van der Waals surface area contributed by atoms with Gasteiger partial charge in [-0.2, -0.15) is 5.10 Å². The van der Waals surface area contributed by atoms with Crippen molar-refractivity contribution >= 4 is 17.1 Å². The first-order valence-electron chi connectivity index (χ1n) is 10.2. The Morgan fingerprint density at radius 2 is 1.67 bits per heavy atom. The number of ether oxygens (including phenoxy) is 4. The van der Waals surface area contributed by atoms with Crippen molar-refractivity contribution in [2.24, 2.45) is 5.10 Å². The number of methoxy groups -OCH3 is 3. The molecule has 0 spiro atoms. The SMILES string of the molecule is COc1ccc(C2C/C(=N\Nc3ccc([N+](=O)[O-])cc3)c3c(OC)cc(OC)cc3O2)cc1. The maximum Gasteiger partial charge on any atom is 0.269 e. The molecule has 1 aliphatic heterocycles. The predicted molar refractivity (Wildman–Crippen MR) is 124 cm³/mol. The number of nitrogens with zero attached hydrogens (tertiary/aromatic N) is 2. The molecule has 0 radical (unpaired) electrons. The van der Waals surface area contributed by atoms with Gasteiger partial charge in [-0.15, -0.1) is 0 Å². The molecule has 1 atom stereocenters. The van der Waals surface area contributed by atoms with Gasteiger partial charge in [0.1, 0.15) is 29.1 Å². The van der Waals surface area contributed by atoms with E-state index in [-0.39, 0.29) is 11.8 Å². The number of nitro benzene ring substituents is 1. The van der Waals surface area contributed by atoms with Crippen LogP contribution in [0.2, 0.25) is 0 Å². The second-order valence-corrected chi connectivity index (χ2v) is 7.26. The van der Waals surface area contributed by atoms with Crippen LogP contribution in [0.5, 0.6) is 23.0 Å². The number of fused-ring (bicyclic) bond motifs is 1. The fourth-order valence-electron chi connectivity index (χ4n) is 3.59. The van der Waals surface area contributed by atoms with Gasteiger partial charge in [-0.05, 0) is 29.8 Å². The average Bonchev–Trinajstić information content (AvgIpc) is 2.86. The van der Waals surface area contributed by atoms with Gasteiger partial charge in [-0.25, -0.2) is 0 Å². The van der Waals surface area contributed by atoms with Gasteiger partial charge in [0.25, 0.3) is 5.69 Å². The maximum absolute atomic E-state index is 10.9. The molecule has 0 bridgehead atoms. The molecule has 0 amide bonds. The molecule has 33 heavy (non-hydrogen) atoms. The van der Waals surface area contributed by atoms with Crippen molar-refractivity contribution in [2.75, 3.05) is 26.8 Å². The minimum absolute atomic E-state index is 0.0120. The topological polar surface area (TPSA) is 104 Å². The molecular formula is C24H23N3O6. The van der Waals surface area contributed by atoms with Crippen molar-refractivity contribution in [2.45, 2.75) is 12.5 Å². The van der Waals surface area contributed by atoms with Crippen molar-refractivity contribution in [1.29, 1.82) is 0 Å². The molecule has 1 aliphatic rings. The van der Waals surface area contributed by atoms with Gasteiger partial charge in [0.2, 0.25) is 0 Å². The summed E-state index contributed by atoms with van der Waals surface area (Å²) in [7, 11) is 4.78. The number of hydrogen-bond donors (Lipinski definition) is 1. The lowest BCUT2D eigenvalue weighted by Gasteiger charge is -2.29. The van der Waals surface area contributed by atoms with Crippen LogP contribution in [0.25, 0.3) is 0 Å². The Kier molecular flexibility index (Phi) is 6.30. The van der Waals surface area contributed by atoms with E-state index in [1.807, 2.05) is 24.3 Å². The fourth-order valence-corrected chi connectivity index (χ4v) is 3.59. The Morgan fingerprint density at radius 3 is 2.27 bits per heavy atom. The first-order chi connectivity index (χ1) is 16.0. The predicted octanol–water partition coefficient (Wildman–Crippen LogP) is 4.96. The largest absolute Gasteiger partial charge is 0.497 e. The number of hydrazone groups is 1. The highest BCUT2D eigenvalue weighted by Gasteiger charge is 2.30. The smallest absolute Gasteiger partial charge is 0.269 e. The minimum Gasteiger partial charge on any atom is -0.497 e. The Morgan fingerprint density at radius 1 is 0.970 bits per heavy atom. The molecule has 0 saturated carbocycles. The van der Waals surface area contributed by atoms with E-state index < -0.39 is 4.92 Å². The van der Waals surface area contributed by atoms with Gasteiger partial charge < -0.3 is 18.9 Å². The fraction of sp³-hybridized carbons (Fsp3) is 0.208. The van der Waals surface area contributed by atoms with E-state index in [4.69, 9.17) is 18.9 Å². The molecule has 1 N–H and O–H groups in total. The molecule has 0 aromatic heterocycles. The third-order valence-corrected chi connectivity index (χ3v) is 5.32. The zero-order chi connectivity index (χ0) is 23.4. The zero-order valence-electron chi connectivity index (χ0n) is 18.4. The monoisotopic (exact) mass is 449 g/mol. The van der Waals surface area contributed by atoms with E-state index >= 15 is 0 Å². The molecule has 170 valence electrons. The summed E-state index contributed by atoms with van der Waals surface area (Å²) in [5.74, 6) is 2.51. The highest BCUT2D eigenvalue weighted by atomic mass is 16.6. The summed E-state index contributed by atoms with van der Waals surface area (Å²) < 4.78 is 22.6. The lowest BCUT2D eigenvalue weighted by Crippen LogP contribution is -2.22. The van der Waals surface area contributed by atoms with Gasteiger partial charge in [0.15, 0.2) is 0 Å². The number of nitro groups is 1. The van der Waals surface area contributed by atoms with E-state index in [2.05, 4.69) is 10.5 Å². The van der Waals surface area contributed by atoms with Crippen LogP contribution in [0.1, 0.15) is 23.7 Å². The van der Waals surface area contributed by atoms with Gasteiger partial charge >= 0.3 is 0 Å². The second-order valence-electron chi connectivity index (χ2n) is 7.26. The van der Waals surface area contributed by atoms with E-state index in [1.54, 1.807) is 45.6 Å². The highest BCUT2D eigenvalue weighted by molar-refractivity contribution is 6.07. The first kappa shape index (κ1) is 21.9. The number of non-ortho nitro benzene ring substituents is 1. The lowest BCUT2D eigenvalue weighted by atomic mass is 9.94. The molecule has 0 aliphatic carbocycles. The number of nitrogens with one attached hydrogen (secondary N) is 1.